The van der Waals surface area contributed by atoms with Crippen LogP contribution < -0.4 is 19.6 Å². The number of benzene rings is 2. The topological polar surface area (TPSA) is 268 Å². The van der Waals surface area contributed by atoms with E-state index in [4.69, 9.17) is 32.8 Å². The number of phenols is 2. The van der Waals surface area contributed by atoms with E-state index < -0.39 is 102 Å². The summed E-state index contributed by atoms with van der Waals surface area (Å²) in [5.74, 6) is -2.94. The monoisotopic (exact) mass is 654 g/mol. The van der Waals surface area contributed by atoms with Crippen LogP contribution in [0.15, 0.2) is 33.5 Å². The lowest BCUT2D eigenvalue weighted by molar-refractivity contribution is -0.354. The highest BCUT2D eigenvalue weighted by Crippen LogP contribution is 2.45. The first-order valence-corrected chi connectivity index (χ1v) is 13.9. The lowest BCUT2D eigenvalue weighted by atomic mass is 9.97. The molecule has 3 heterocycles. The normalized spacial score (nSPS) is 31.5. The van der Waals surface area contributed by atoms with Gasteiger partial charge in [-0.3, -0.25) is 4.79 Å². The number of hydrogen-bond acceptors (Lipinski definition) is 17. The fourth-order valence-corrected chi connectivity index (χ4v) is 5.29. The zero-order chi connectivity index (χ0) is 33.6. The molecule has 3 aromatic rings. The quantitative estimate of drug-likeness (QED) is 0.135. The molecule has 2 fully saturated rings. The Morgan fingerprint density at radius 2 is 1.52 bits per heavy atom. The molecule has 0 aliphatic carbocycles. The molecule has 17 nitrogen and oxygen atoms in total. The second kappa shape index (κ2) is 13.1. The number of fused-ring (bicyclic) bond motifs is 1. The first-order valence-electron chi connectivity index (χ1n) is 13.9. The lowest BCUT2D eigenvalue weighted by Crippen LogP contribution is -2.64. The van der Waals surface area contributed by atoms with Gasteiger partial charge < -0.3 is 78.8 Å². The molecular weight excluding hydrogens is 620 g/mol. The third-order valence-electron chi connectivity index (χ3n) is 7.86. The molecular formula is C29H34O17. The minimum absolute atomic E-state index is 0.00491. The molecule has 0 spiro atoms. The highest BCUT2D eigenvalue weighted by atomic mass is 16.8. The summed E-state index contributed by atoms with van der Waals surface area (Å²) >= 11 is 0. The highest BCUT2D eigenvalue weighted by molar-refractivity contribution is 5.93. The first kappa shape index (κ1) is 33.5. The molecule has 17 heteroatoms. The molecule has 5 rings (SSSR count). The van der Waals surface area contributed by atoms with Crippen LogP contribution in [0, 0.1) is 0 Å². The number of methoxy groups -OCH3 is 2. The Morgan fingerprint density at radius 3 is 2.17 bits per heavy atom. The summed E-state index contributed by atoms with van der Waals surface area (Å²) in [5.41, 5.74) is -1.37. The summed E-state index contributed by atoms with van der Waals surface area (Å²) in [6.07, 6.45) is -16.1. The maximum Gasteiger partial charge on any atom is 0.238 e. The van der Waals surface area contributed by atoms with E-state index >= 15 is 0 Å². The van der Waals surface area contributed by atoms with Crippen LogP contribution in [-0.4, -0.2) is 128 Å². The minimum Gasteiger partial charge on any atom is -0.507 e. The predicted octanol–water partition coefficient (Wildman–Crippen LogP) is -1.38. The van der Waals surface area contributed by atoms with Crippen molar-refractivity contribution in [1.82, 2.24) is 0 Å². The van der Waals surface area contributed by atoms with E-state index in [-0.39, 0.29) is 28.6 Å². The Labute approximate surface area is 259 Å². The van der Waals surface area contributed by atoms with Gasteiger partial charge in [-0.05, 0) is 25.1 Å². The summed E-state index contributed by atoms with van der Waals surface area (Å²) in [5, 5.41) is 93.0. The molecule has 10 atom stereocenters. The second-order valence-corrected chi connectivity index (χ2v) is 10.7. The SMILES string of the molecule is COc1cc(-c2oc3c(OC)c(O[C@@H]4O[C@@H](CO)[C@H](O)[C@@H](O)[C@H]4O[C@H]4O[C@H](C)[C@@H](O)[C@@H](O)[C@H]4O)cc(O)c3c(=O)c2O)ccc1O. The number of rotatable bonds is 8. The average molecular weight is 655 g/mol. The zero-order valence-electron chi connectivity index (χ0n) is 24.6. The van der Waals surface area contributed by atoms with Gasteiger partial charge in [-0.2, -0.15) is 0 Å². The first-order chi connectivity index (χ1) is 21.8. The number of hydrogen-bond donors (Lipinski definition) is 9. The van der Waals surface area contributed by atoms with E-state index in [1.165, 1.54) is 39.3 Å². The van der Waals surface area contributed by atoms with Crippen molar-refractivity contribution in [3.05, 3.63) is 34.5 Å². The Morgan fingerprint density at radius 1 is 0.804 bits per heavy atom. The van der Waals surface area contributed by atoms with Crippen molar-refractivity contribution < 1.29 is 78.8 Å². The molecule has 0 unspecified atom stereocenters. The zero-order valence-corrected chi connectivity index (χ0v) is 24.6. The van der Waals surface area contributed by atoms with E-state index in [9.17, 15) is 50.8 Å². The van der Waals surface area contributed by atoms with Crippen LogP contribution in [0.25, 0.3) is 22.3 Å². The Bertz CT molecular complexity index is 1620. The molecule has 252 valence electrons. The lowest BCUT2D eigenvalue weighted by Gasteiger charge is -2.45. The Balaban J connectivity index is 1.58. The van der Waals surface area contributed by atoms with Crippen LogP contribution in [0.4, 0.5) is 0 Å². The van der Waals surface area contributed by atoms with Gasteiger partial charge in [0.1, 0.15) is 47.8 Å². The van der Waals surface area contributed by atoms with Gasteiger partial charge in [-0.15, -0.1) is 0 Å². The standard InChI is InChI=1S/C29H34O17/c1-9-17(33)20(36)23(39)28(42-9)46-27-21(37)18(34)15(8-30)44-29(27)43-14-7-12(32)16-19(35)22(38)24(45-26(16)25(14)41-3)10-4-5-11(31)13(6-10)40-2/h4-7,9,15,17-18,20-21,23,27-34,36-39H,8H2,1-3H3/t9-,15+,17-,18+,20-,21-,23-,27-,28-,29-/m1/s1. The molecule has 2 saturated heterocycles. The second-order valence-electron chi connectivity index (χ2n) is 10.7. The number of aromatic hydroxyl groups is 3. The van der Waals surface area contributed by atoms with E-state index in [1.54, 1.807) is 0 Å². The maximum absolute atomic E-state index is 13.2. The van der Waals surface area contributed by atoms with Crippen molar-refractivity contribution in [3.8, 4) is 45.8 Å². The van der Waals surface area contributed by atoms with E-state index in [0.29, 0.717) is 0 Å². The van der Waals surface area contributed by atoms with E-state index in [0.717, 1.165) is 6.07 Å². The Kier molecular flexibility index (Phi) is 9.50. The molecule has 1 aromatic heterocycles. The molecule has 2 aliphatic rings. The van der Waals surface area contributed by atoms with Gasteiger partial charge >= 0.3 is 0 Å². The molecule has 2 aliphatic heterocycles. The van der Waals surface area contributed by atoms with Gasteiger partial charge in [-0.25, -0.2) is 0 Å². The number of ether oxygens (including phenoxy) is 6. The fourth-order valence-electron chi connectivity index (χ4n) is 5.29. The van der Waals surface area contributed by atoms with Gasteiger partial charge in [0.25, 0.3) is 0 Å². The molecule has 0 saturated carbocycles. The van der Waals surface area contributed by atoms with Gasteiger partial charge in [0.15, 0.2) is 41.0 Å². The molecule has 46 heavy (non-hydrogen) atoms. The molecule has 2 aromatic carbocycles. The number of aliphatic hydroxyl groups excluding tert-OH is 6. The van der Waals surface area contributed by atoms with Crippen LogP contribution in [0.3, 0.4) is 0 Å². The summed E-state index contributed by atoms with van der Waals surface area (Å²) < 4.78 is 39.1. The average Bonchev–Trinajstić information content (AvgIpc) is 3.03. The van der Waals surface area contributed by atoms with Crippen molar-refractivity contribution >= 4 is 11.0 Å². The van der Waals surface area contributed by atoms with Crippen molar-refractivity contribution in [2.45, 2.75) is 68.3 Å². The summed E-state index contributed by atoms with van der Waals surface area (Å²) in [7, 11) is 2.45. The van der Waals surface area contributed by atoms with Crippen LogP contribution in [-0.2, 0) is 14.2 Å². The van der Waals surface area contributed by atoms with E-state index in [1.807, 2.05) is 0 Å². The third kappa shape index (κ3) is 5.76. The highest BCUT2D eigenvalue weighted by Gasteiger charge is 2.51. The predicted molar refractivity (Wildman–Crippen MR) is 152 cm³/mol. The van der Waals surface area contributed by atoms with Crippen LogP contribution >= 0.6 is 0 Å². The van der Waals surface area contributed by atoms with Gasteiger partial charge in [0.2, 0.25) is 23.2 Å². The molecule has 0 bridgehead atoms. The molecule has 9 N–H and O–H groups in total. The summed E-state index contributed by atoms with van der Waals surface area (Å²) in [6, 6.07) is 4.76. The molecule has 0 amide bonds. The van der Waals surface area contributed by atoms with Crippen LogP contribution in [0.5, 0.6) is 34.5 Å². The van der Waals surface area contributed by atoms with Crippen molar-refractivity contribution in [3.63, 3.8) is 0 Å². The fraction of sp³-hybridized carbons (Fsp3) is 0.483. The largest absolute Gasteiger partial charge is 0.507 e. The van der Waals surface area contributed by atoms with Gasteiger partial charge in [0.05, 0.1) is 26.9 Å². The maximum atomic E-state index is 13.2. The van der Waals surface area contributed by atoms with E-state index in [2.05, 4.69) is 0 Å². The Hall–Kier alpha value is -3.91. The van der Waals surface area contributed by atoms with Gasteiger partial charge in [-0.1, -0.05) is 0 Å². The summed E-state index contributed by atoms with van der Waals surface area (Å²) in [4.78, 5) is 13.2. The van der Waals surface area contributed by atoms with Crippen molar-refractivity contribution in [2.24, 2.45) is 0 Å². The number of aliphatic hydroxyl groups is 6. The van der Waals surface area contributed by atoms with Crippen LogP contribution in [0.2, 0.25) is 0 Å². The smallest absolute Gasteiger partial charge is 0.238 e. The van der Waals surface area contributed by atoms with Crippen molar-refractivity contribution in [2.75, 3.05) is 20.8 Å². The van der Waals surface area contributed by atoms with Gasteiger partial charge in [0, 0.05) is 11.6 Å². The third-order valence-corrected chi connectivity index (χ3v) is 7.86. The van der Waals surface area contributed by atoms with Crippen LogP contribution in [0.1, 0.15) is 6.92 Å². The minimum atomic E-state index is -1.85. The summed E-state index contributed by atoms with van der Waals surface area (Å²) in [6.45, 7) is 0.606. The number of phenolic OH excluding ortho intramolecular Hbond substituents is 2. The molecule has 0 radical (unpaired) electrons. The van der Waals surface area contributed by atoms with Crippen molar-refractivity contribution in [1.29, 1.82) is 0 Å².